The van der Waals surface area contributed by atoms with Gasteiger partial charge in [-0.3, -0.25) is 0 Å². The van der Waals surface area contributed by atoms with Crippen molar-refractivity contribution in [3.8, 4) is 33.8 Å². The van der Waals surface area contributed by atoms with Crippen molar-refractivity contribution < 1.29 is 10.2 Å². The van der Waals surface area contributed by atoms with Gasteiger partial charge in [-0.05, 0) is 132 Å². The van der Waals surface area contributed by atoms with Crippen molar-refractivity contribution in [2.45, 2.75) is 52.4 Å². The van der Waals surface area contributed by atoms with Crippen LogP contribution in [-0.2, 0) is 12.8 Å². The van der Waals surface area contributed by atoms with Crippen molar-refractivity contribution in [2.24, 2.45) is 0 Å². The second-order valence-electron chi connectivity index (χ2n) is 13.9. The summed E-state index contributed by atoms with van der Waals surface area (Å²) in [6, 6.07) is 58.3. The minimum absolute atomic E-state index is 0.240. The Morgan fingerprint density at radius 2 is 0.648 bits per heavy atom. The fourth-order valence-electron chi connectivity index (χ4n) is 7.00. The van der Waals surface area contributed by atoms with Crippen LogP contribution < -0.4 is 9.80 Å². The number of nitrogens with zero attached hydrogens (tertiary/aromatic N) is 2. The maximum Gasteiger partial charge on any atom is 0.117 e. The minimum Gasteiger partial charge on any atom is -0.508 e. The molecule has 270 valence electrons. The molecule has 0 amide bonds. The molecule has 0 radical (unpaired) electrons. The Kier molecular flexibility index (Phi) is 11.4. The van der Waals surface area contributed by atoms with Crippen LogP contribution in [0.4, 0.5) is 34.1 Å². The first-order chi connectivity index (χ1) is 26.5. The van der Waals surface area contributed by atoms with Crippen LogP contribution in [0.1, 0.15) is 50.7 Å². The molecule has 0 aliphatic carbocycles. The molecule has 0 heterocycles. The third-order valence-electron chi connectivity index (χ3n) is 10.0. The third kappa shape index (κ3) is 8.51. The van der Waals surface area contributed by atoms with Gasteiger partial charge in [0.15, 0.2) is 0 Å². The van der Waals surface area contributed by atoms with E-state index in [1.807, 2.05) is 24.3 Å². The predicted octanol–water partition coefficient (Wildman–Crippen LogP) is 14.1. The van der Waals surface area contributed by atoms with Gasteiger partial charge in [-0.1, -0.05) is 112 Å². The lowest BCUT2D eigenvalue weighted by molar-refractivity contribution is 0.475. The number of unbranched alkanes of at least 4 members (excludes halogenated alkanes) is 2. The Bertz CT molecular complexity index is 2080. The van der Waals surface area contributed by atoms with Gasteiger partial charge in [0.25, 0.3) is 0 Å². The summed E-state index contributed by atoms with van der Waals surface area (Å²) in [5, 5.41) is 20.7. The van der Waals surface area contributed by atoms with Crippen LogP contribution >= 0.6 is 0 Å². The molecule has 7 rings (SSSR count). The molecular formula is C50H48N2O2. The van der Waals surface area contributed by atoms with Crippen LogP contribution in [0.15, 0.2) is 170 Å². The Morgan fingerprint density at radius 1 is 0.352 bits per heavy atom. The van der Waals surface area contributed by atoms with Crippen LogP contribution in [0.3, 0.4) is 0 Å². The van der Waals surface area contributed by atoms with E-state index in [2.05, 4.69) is 145 Å². The molecule has 0 spiro atoms. The zero-order valence-corrected chi connectivity index (χ0v) is 31.2. The Morgan fingerprint density at radius 3 is 0.944 bits per heavy atom. The van der Waals surface area contributed by atoms with Crippen molar-refractivity contribution in [2.75, 3.05) is 9.80 Å². The van der Waals surface area contributed by atoms with Gasteiger partial charge in [0.1, 0.15) is 11.5 Å². The number of hydrogen-bond donors (Lipinski definition) is 2. The quantitative estimate of drug-likeness (QED) is 0.118. The van der Waals surface area contributed by atoms with Crippen molar-refractivity contribution in [1.82, 2.24) is 0 Å². The number of phenols is 2. The first-order valence-corrected chi connectivity index (χ1v) is 19.2. The highest BCUT2D eigenvalue weighted by Gasteiger charge is 2.15. The zero-order valence-electron chi connectivity index (χ0n) is 31.2. The molecule has 7 aromatic rings. The van der Waals surface area contributed by atoms with Crippen molar-refractivity contribution in [1.29, 1.82) is 0 Å². The highest BCUT2D eigenvalue weighted by atomic mass is 16.3. The summed E-state index contributed by atoms with van der Waals surface area (Å²) in [6.45, 7) is 4.44. The highest BCUT2D eigenvalue weighted by Crippen LogP contribution is 2.39. The van der Waals surface area contributed by atoms with Crippen LogP contribution in [0.5, 0.6) is 11.5 Å². The average molecular weight is 709 g/mol. The molecule has 4 heteroatoms. The van der Waals surface area contributed by atoms with Crippen LogP contribution in [0.2, 0.25) is 0 Å². The van der Waals surface area contributed by atoms with Crippen LogP contribution in [-0.4, -0.2) is 10.2 Å². The van der Waals surface area contributed by atoms with E-state index in [4.69, 9.17) is 0 Å². The maximum absolute atomic E-state index is 10.3. The molecule has 0 aliphatic heterocycles. The van der Waals surface area contributed by atoms with Crippen molar-refractivity contribution in [3.05, 3.63) is 181 Å². The number of anilines is 6. The summed E-state index contributed by atoms with van der Waals surface area (Å²) >= 11 is 0. The summed E-state index contributed by atoms with van der Waals surface area (Å²) < 4.78 is 0. The fourth-order valence-corrected chi connectivity index (χ4v) is 7.00. The van der Waals surface area contributed by atoms with E-state index >= 15 is 0 Å². The zero-order chi connectivity index (χ0) is 37.3. The largest absolute Gasteiger partial charge is 0.508 e. The van der Waals surface area contributed by atoms with Crippen molar-refractivity contribution in [3.63, 3.8) is 0 Å². The van der Waals surface area contributed by atoms with Gasteiger partial charge < -0.3 is 20.0 Å². The molecule has 0 aliphatic rings. The van der Waals surface area contributed by atoms with Gasteiger partial charge in [0.05, 0.1) is 0 Å². The van der Waals surface area contributed by atoms with E-state index in [0.717, 1.165) is 69.2 Å². The monoisotopic (exact) mass is 708 g/mol. The molecule has 0 bridgehead atoms. The highest BCUT2D eigenvalue weighted by molar-refractivity contribution is 5.81. The number of benzene rings is 7. The molecular weight excluding hydrogens is 661 g/mol. The first kappa shape index (κ1) is 36.1. The lowest BCUT2D eigenvalue weighted by Crippen LogP contribution is -2.09. The molecule has 7 aromatic carbocycles. The molecule has 0 aromatic heterocycles. The Labute approximate surface area is 320 Å². The minimum atomic E-state index is 0.240. The second kappa shape index (κ2) is 17.0. The SMILES string of the molecule is CCCCc1ccc(N(c2ccc(-c3ccc(-c4ccc(N(c5ccc(CCCC)cc5)c5cccc(O)c5)cc4)cc3)cc2)c2cccc(O)c2)cc1. The number of aryl methyl sites for hydroxylation is 2. The summed E-state index contributed by atoms with van der Waals surface area (Å²) in [7, 11) is 0. The number of phenolic OH excluding ortho intramolecular Hbond substituents is 2. The van der Waals surface area contributed by atoms with E-state index < -0.39 is 0 Å². The number of hydrogen-bond acceptors (Lipinski definition) is 4. The predicted molar refractivity (Wildman–Crippen MR) is 227 cm³/mol. The van der Waals surface area contributed by atoms with Crippen molar-refractivity contribution >= 4 is 34.1 Å². The molecule has 0 unspecified atom stereocenters. The molecule has 0 fully saturated rings. The average Bonchev–Trinajstić information content (AvgIpc) is 3.21. The Hall–Kier alpha value is -6.26. The van der Waals surface area contributed by atoms with Gasteiger partial charge >= 0.3 is 0 Å². The molecule has 54 heavy (non-hydrogen) atoms. The lowest BCUT2D eigenvalue weighted by Gasteiger charge is -2.26. The van der Waals surface area contributed by atoms with Gasteiger partial charge in [-0.2, -0.15) is 0 Å². The smallest absolute Gasteiger partial charge is 0.117 e. The second-order valence-corrected chi connectivity index (χ2v) is 13.9. The van der Waals surface area contributed by atoms with Gasteiger partial charge in [-0.15, -0.1) is 0 Å². The normalized spacial score (nSPS) is 11.0. The van der Waals surface area contributed by atoms with E-state index in [0.29, 0.717) is 0 Å². The van der Waals surface area contributed by atoms with Gasteiger partial charge in [0.2, 0.25) is 0 Å². The lowest BCUT2D eigenvalue weighted by atomic mass is 9.99. The molecule has 4 nitrogen and oxygen atoms in total. The van der Waals surface area contributed by atoms with E-state index in [1.54, 1.807) is 24.3 Å². The maximum atomic E-state index is 10.3. The standard InChI is InChI=1S/C50H48N2O2/c1-3-5-9-37-15-27-43(28-16-37)51(47-11-7-13-49(53)35-47)45-31-23-41(24-32-45)39-19-21-40(22-20-39)42-25-33-46(34-26-42)52(48-12-8-14-50(54)36-48)44-29-17-38(18-30-44)10-6-4-2/h7-8,11-36,53-54H,3-6,9-10H2,1-2H3. The topological polar surface area (TPSA) is 46.9 Å². The molecule has 0 atom stereocenters. The molecule has 0 saturated carbocycles. The number of rotatable bonds is 14. The summed E-state index contributed by atoms with van der Waals surface area (Å²) in [4.78, 5) is 4.37. The fraction of sp³-hybridized carbons (Fsp3) is 0.160. The van der Waals surface area contributed by atoms with E-state index in [1.165, 1.54) is 36.8 Å². The summed E-state index contributed by atoms with van der Waals surface area (Å²) in [5.74, 6) is 0.481. The van der Waals surface area contributed by atoms with E-state index in [9.17, 15) is 10.2 Å². The summed E-state index contributed by atoms with van der Waals surface area (Å²) in [5.41, 5.74) is 13.2. The number of aromatic hydroxyl groups is 2. The van der Waals surface area contributed by atoms with E-state index in [-0.39, 0.29) is 11.5 Å². The summed E-state index contributed by atoms with van der Waals surface area (Å²) in [6.07, 6.45) is 6.87. The third-order valence-corrected chi connectivity index (χ3v) is 10.0. The van der Waals surface area contributed by atoms with Crippen LogP contribution in [0, 0.1) is 0 Å². The van der Waals surface area contributed by atoms with Gasteiger partial charge in [-0.25, -0.2) is 0 Å². The Balaban J connectivity index is 1.11. The molecule has 0 saturated heterocycles. The van der Waals surface area contributed by atoms with Crippen LogP contribution in [0.25, 0.3) is 22.3 Å². The van der Waals surface area contributed by atoms with Gasteiger partial charge in [0, 0.05) is 46.3 Å². The molecule has 2 N–H and O–H groups in total. The first-order valence-electron chi connectivity index (χ1n) is 19.2.